The van der Waals surface area contributed by atoms with E-state index >= 15 is 0 Å². The number of hydrogen-bond acceptors (Lipinski definition) is 6. The van der Waals surface area contributed by atoms with Crippen molar-refractivity contribution in [2.75, 3.05) is 13.2 Å². The fourth-order valence-electron chi connectivity index (χ4n) is 9.21. The van der Waals surface area contributed by atoms with Gasteiger partial charge in [0.2, 0.25) is 0 Å². The number of esters is 3. The molecule has 0 saturated carbocycles. The van der Waals surface area contributed by atoms with Crippen molar-refractivity contribution in [3.05, 3.63) is 72.9 Å². The minimum absolute atomic E-state index is 0.0821. The monoisotopic (exact) mass is 1030 g/mol. The van der Waals surface area contributed by atoms with Crippen LogP contribution in [0, 0.1) is 0 Å². The Hall–Kier alpha value is -3.15. The molecule has 6 nitrogen and oxygen atoms in total. The van der Waals surface area contributed by atoms with Crippen molar-refractivity contribution in [1.29, 1.82) is 0 Å². The number of hydrogen-bond donors (Lipinski definition) is 0. The first kappa shape index (κ1) is 70.8. The summed E-state index contributed by atoms with van der Waals surface area (Å²) in [5.41, 5.74) is 0. The van der Waals surface area contributed by atoms with Gasteiger partial charge >= 0.3 is 17.9 Å². The van der Waals surface area contributed by atoms with Crippen LogP contribution < -0.4 is 0 Å². The maximum atomic E-state index is 12.9. The third kappa shape index (κ3) is 59.7. The summed E-state index contributed by atoms with van der Waals surface area (Å²) in [5.74, 6) is -0.895. The van der Waals surface area contributed by atoms with Gasteiger partial charge in [0.05, 0.1) is 0 Å². The van der Waals surface area contributed by atoms with Crippen LogP contribution in [0.4, 0.5) is 0 Å². The highest BCUT2D eigenvalue weighted by Crippen LogP contribution is 2.17. The molecule has 0 aromatic rings. The van der Waals surface area contributed by atoms with Crippen LogP contribution in [0.2, 0.25) is 0 Å². The summed E-state index contributed by atoms with van der Waals surface area (Å²) in [7, 11) is 0. The van der Waals surface area contributed by atoms with Gasteiger partial charge in [0.15, 0.2) is 6.10 Å². The van der Waals surface area contributed by atoms with Gasteiger partial charge in [0.25, 0.3) is 0 Å². The van der Waals surface area contributed by atoms with E-state index in [9.17, 15) is 14.4 Å². The van der Waals surface area contributed by atoms with Gasteiger partial charge < -0.3 is 14.2 Å². The van der Waals surface area contributed by atoms with Crippen LogP contribution in [0.25, 0.3) is 0 Å². The van der Waals surface area contributed by atoms with Crippen LogP contribution in [0.1, 0.15) is 323 Å². The quantitative estimate of drug-likeness (QED) is 0.0261. The van der Waals surface area contributed by atoms with Crippen molar-refractivity contribution in [2.45, 2.75) is 329 Å². The van der Waals surface area contributed by atoms with Gasteiger partial charge in [-0.2, -0.15) is 0 Å². The van der Waals surface area contributed by atoms with Gasteiger partial charge in [-0.15, -0.1) is 0 Å². The average Bonchev–Trinajstić information content (AvgIpc) is 3.40. The lowest BCUT2D eigenvalue weighted by molar-refractivity contribution is -0.167. The standard InChI is InChI=1S/C68H120O6/c1-4-7-10-13-16-19-21-23-25-27-29-31-33-35-36-38-40-42-44-46-49-52-55-58-61-67(70)73-64-65(63-72-66(69)60-57-54-51-48-18-15-12-9-6-3)74-68(71)62-59-56-53-50-47-45-43-41-39-37-34-32-30-28-26-24-22-20-17-14-11-8-5-2/h8,11,17,20,24,26,30,32,37,39,43,45,65H,4-7,9-10,12-16,18-19,21-23,25,27-29,31,33-36,38,40-42,44,46-64H2,1-3H3/b11-8-,20-17-,26-24-,32-30-,39-37-,45-43-. The second kappa shape index (κ2) is 62.4. The molecule has 0 radical (unpaired) electrons. The molecule has 0 aromatic carbocycles. The van der Waals surface area contributed by atoms with Crippen molar-refractivity contribution >= 4 is 17.9 Å². The lowest BCUT2D eigenvalue weighted by Gasteiger charge is -2.18. The van der Waals surface area contributed by atoms with Crippen LogP contribution in [0.3, 0.4) is 0 Å². The minimum Gasteiger partial charge on any atom is -0.462 e. The number of ether oxygens (including phenoxy) is 3. The summed E-state index contributed by atoms with van der Waals surface area (Å²) >= 11 is 0. The minimum atomic E-state index is -0.786. The highest BCUT2D eigenvalue weighted by Gasteiger charge is 2.19. The Balaban J connectivity index is 4.24. The van der Waals surface area contributed by atoms with Crippen molar-refractivity contribution in [3.8, 4) is 0 Å². The van der Waals surface area contributed by atoms with Crippen molar-refractivity contribution in [2.24, 2.45) is 0 Å². The Morgan fingerprint density at radius 1 is 0.284 bits per heavy atom. The molecule has 0 aromatic heterocycles. The molecule has 0 fully saturated rings. The normalized spacial score (nSPS) is 12.5. The second-order valence-corrected chi connectivity index (χ2v) is 21.3. The lowest BCUT2D eigenvalue weighted by atomic mass is 10.0. The summed E-state index contributed by atoms with van der Waals surface area (Å²) in [4.78, 5) is 38.2. The molecule has 0 rings (SSSR count). The predicted molar refractivity (Wildman–Crippen MR) is 321 cm³/mol. The first-order valence-electron chi connectivity index (χ1n) is 31.9. The largest absolute Gasteiger partial charge is 0.462 e. The fourth-order valence-corrected chi connectivity index (χ4v) is 9.21. The molecule has 0 aliphatic carbocycles. The van der Waals surface area contributed by atoms with Crippen LogP contribution in [-0.4, -0.2) is 37.2 Å². The molecule has 6 heteroatoms. The Labute approximate surface area is 459 Å². The molecule has 0 N–H and O–H groups in total. The Kier molecular flexibility index (Phi) is 59.7. The van der Waals surface area contributed by atoms with E-state index in [4.69, 9.17) is 14.2 Å². The molecule has 0 bridgehead atoms. The van der Waals surface area contributed by atoms with E-state index in [-0.39, 0.29) is 31.1 Å². The Bertz CT molecular complexity index is 1370. The summed E-state index contributed by atoms with van der Waals surface area (Å²) in [6, 6.07) is 0. The number of carbonyl (C=O) groups is 3. The molecular formula is C68H120O6. The molecule has 0 amide bonds. The number of unbranched alkanes of at least 4 members (excludes halogenated alkanes) is 35. The number of carbonyl (C=O) groups excluding carboxylic acids is 3. The highest BCUT2D eigenvalue weighted by atomic mass is 16.6. The lowest BCUT2D eigenvalue weighted by Crippen LogP contribution is -2.30. The van der Waals surface area contributed by atoms with Gasteiger partial charge in [-0.1, -0.05) is 306 Å². The average molecular weight is 1030 g/mol. The maximum Gasteiger partial charge on any atom is 0.306 e. The van der Waals surface area contributed by atoms with E-state index < -0.39 is 6.10 Å². The zero-order valence-electron chi connectivity index (χ0n) is 49.1. The third-order valence-corrected chi connectivity index (χ3v) is 14.0. The van der Waals surface area contributed by atoms with E-state index in [0.29, 0.717) is 19.3 Å². The Morgan fingerprint density at radius 3 is 0.824 bits per heavy atom. The summed E-state index contributed by atoms with van der Waals surface area (Å²) in [6.07, 6.45) is 80.7. The van der Waals surface area contributed by atoms with Gasteiger partial charge in [0.1, 0.15) is 13.2 Å². The van der Waals surface area contributed by atoms with Crippen LogP contribution in [0.15, 0.2) is 72.9 Å². The second-order valence-electron chi connectivity index (χ2n) is 21.3. The van der Waals surface area contributed by atoms with E-state index in [1.165, 1.54) is 173 Å². The van der Waals surface area contributed by atoms with Crippen LogP contribution >= 0.6 is 0 Å². The molecule has 0 aliphatic heterocycles. The van der Waals surface area contributed by atoms with Crippen molar-refractivity contribution in [1.82, 2.24) is 0 Å². The molecule has 1 unspecified atom stereocenters. The maximum absolute atomic E-state index is 12.9. The summed E-state index contributed by atoms with van der Waals surface area (Å²) in [5, 5.41) is 0. The van der Waals surface area contributed by atoms with E-state index in [2.05, 4.69) is 93.7 Å². The SMILES string of the molecule is CC/C=C\C/C=C\C/C=C\C/C=C\C/C=C\C/C=C\CCCCCCC(=O)OC(COC(=O)CCCCCCCCCCC)COC(=O)CCCCCCCCCCCCCCCCCCCCCCCCCC. The molecule has 0 spiro atoms. The van der Waals surface area contributed by atoms with Crippen LogP contribution in [0.5, 0.6) is 0 Å². The molecule has 0 saturated heterocycles. The Morgan fingerprint density at radius 2 is 0.527 bits per heavy atom. The van der Waals surface area contributed by atoms with Crippen molar-refractivity contribution < 1.29 is 28.6 Å². The topological polar surface area (TPSA) is 78.9 Å². The smallest absolute Gasteiger partial charge is 0.306 e. The van der Waals surface area contributed by atoms with Crippen molar-refractivity contribution in [3.63, 3.8) is 0 Å². The van der Waals surface area contributed by atoms with Gasteiger partial charge in [0, 0.05) is 19.3 Å². The highest BCUT2D eigenvalue weighted by molar-refractivity contribution is 5.71. The molecular weight excluding hydrogens is 913 g/mol. The summed E-state index contributed by atoms with van der Waals surface area (Å²) < 4.78 is 16.9. The zero-order valence-corrected chi connectivity index (χ0v) is 49.1. The molecule has 0 heterocycles. The number of allylic oxidation sites excluding steroid dienone is 12. The predicted octanol–water partition coefficient (Wildman–Crippen LogP) is 21.7. The van der Waals surface area contributed by atoms with E-state index in [1.54, 1.807) is 0 Å². The summed E-state index contributed by atoms with van der Waals surface area (Å²) in [6.45, 7) is 6.53. The zero-order chi connectivity index (χ0) is 53.6. The third-order valence-electron chi connectivity index (χ3n) is 14.0. The van der Waals surface area contributed by atoms with Gasteiger partial charge in [-0.25, -0.2) is 0 Å². The van der Waals surface area contributed by atoms with Gasteiger partial charge in [-0.3, -0.25) is 14.4 Å². The van der Waals surface area contributed by atoms with Gasteiger partial charge in [-0.05, 0) is 70.6 Å². The van der Waals surface area contributed by atoms with E-state index in [0.717, 1.165) is 109 Å². The van der Waals surface area contributed by atoms with E-state index in [1.807, 2.05) is 0 Å². The van der Waals surface area contributed by atoms with Crippen LogP contribution in [-0.2, 0) is 28.6 Å². The number of rotatable bonds is 58. The molecule has 0 aliphatic rings. The first-order valence-corrected chi connectivity index (χ1v) is 31.9. The fraction of sp³-hybridized carbons (Fsp3) is 0.779. The first-order chi connectivity index (χ1) is 36.5. The molecule has 428 valence electrons. The molecule has 1 atom stereocenters. The molecule has 74 heavy (non-hydrogen) atoms.